The molecule has 0 unspecified atom stereocenters. The van der Waals surface area contributed by atoms with E-state index in [2.05, 4.69) is 39.9 Å². The standard InChI is InChI=1S/C35H39N5O2/c36-35(37)39-24-13-22-31(40-34(42)32(28-18-9-3-10-19-28)29-20-11-4-12-21-29)33(41)38-25-23-30(26-14-5-1-6-15-26)27-16-7-2-8-17-27/h1-12,14-21,30-32H,13,22-25H2,(H,38,41)(H,40,42)(H4,36,37,39)/t31-/m0/s1. The Kier molecular flexibility index (Phi) is 11.3. The first kappa shape index (κ1) is 30.1. The number of amides is 2. The number of nitrogens with zero attached hydrogens (tertiary/aromatic N) is 1. The van der Waals surface area contributed by atoms with E-state index in [1.807, 2.05) is 97.1 Å². The van der Waals surface area contributed by atoms with Gasteiger partial charge in [0, 0.05) is 19.0 Å². The number of guanidine groups is 1. The van der Waals surface area contributed by atoms with Crippen LogP contribution >= 0.6 is 0 Å². The summed E-state index contributed by atoms with van der Waals surface area (Å²) < 4.78 is 0. The summed E-state index contributed by atoms with van der Waals surface area (Å²) in [6.07, 6.45) is 1.64. The van der Waals surface area contributed by atoms with E-state index in [0.29, 0.717) is 32.4 Å². The fourth-order valence-corrected chi connectivity index (χ4v) is 5.17. The Bertz CT molecular complexity index is 1330. The van der Waals surface area contributed by atoms with Gasteiger partial charge in [-0.1, -0.05) is 121 Å². The lowest BCUT2D eigenvalue weighted by Crippen LogP contribution is -2.48. The molecule has 0 bridgehead atoms. The molecule has 0 fully saturated rings. The number of rotatable bonds is 14. The number of carbonyl (C=O) groups is 2. The molecule has 6 N–H and O–H groups in total. The predicted octanol–water partition coefficient (Wildman–Crippen LogP) is 4.70. The van der Waals surface area contributed by atoms with Crippen molar-refractivity contribution in [2.24, 2.45) is 16.5 Å². The minimum atomic E-state index is -0.742. The molecule has 7 heteroatoms. The molecule has 0 aliphatic carbocycles. The molecule has 7 nitrogen and oxygen atoms in total. The molecule has 4 aromatic rings. The first-order valence-electron chi connectivity index (χ1n) is 14.4. The maximum Gasteiger partial charge on any atom is 0.242 e. The van der Waals surface area contributed by atoms with E-state index >= 15 is 0 Å². The van der Waals surface area contributed by atoms with E-state index in [9.17, 15) is 9.59 Å². The van der Waals surface area contributed by atoms with E-state index in [1.54, 1.807) is 0 Å². The SMILES string of the molecule is NC(N)=NCCC[C@H](NC(=O)C(c1ccccc1)c1ccccc1)C(=O)NCCC(c1ccccc1)c1ccccc1. The van der Waals surface area contributed by atoms with Crippen LogP contribution in [0, 0.1) is 0 Å². The van der Waals surface area contributed by atoms with Crippen molar-refractivity contribution in [1.29, 1.82) is 0 Å². The molecule has 0 radical (unpaired) electrons. The first-order valence-corrected chi connectivity index (χ1v) is 14.4. The molecule has 42 heavy (non-hydrogen) atoms. The van der Waals surface area contributed by atoms with Crippen molar-refractivity contribution in [3.8, 4) is 0 Å². The van der Waals surface area contributed by atoms with Gasteiger partial charge in [0.05, 0.1) is 5.92 Å². The second kappa shape index (κ2) is 15.8. The number of nitrogens with one attached hydrogen (secondary N) is 2. The van der Waals surface area contributed by atoms with Crippen LogP contribution in [-0.4, -0.2) is 36.9 Å². The van der Waals surface area contributed by atoms with Crippen LogP contribution in [-0.2, 0) is 9.59 Å². The largest absolute Gasteiger partial charge is 0.370 e. The molecule has 0 saturated heterocycles. The number of benzene rings is 4. The van der Waals surface area contributed by atoms with Gasteiger partial charge in [-0.2, -0.15) is 0 Å². The van der Waals surface area contributed by atoms with Crippen LogP contribution in [0.1, 0.15) is 53.4 Å². The van der Waals surface area contributed by atoms with Crippen LogP contribution in [0.25, 0.3) is 0 Å². The van der Waals surface area contributed by atoms with E-state index in [0.717, 1.165) is 11.1 Å². The molecule has 4 aromatic carbocycles. The Morgan fingerprint density at radius 2 is 1.07 bits per heavy atom. The highest BCUT2D eigenvalue weighted by molar-refractivity contribution is 5.92. The second-order valence-electron chi connectivity index (χ2n) is 10.2. The molecule has 0 aliphatic heterocycles. The maximum absolute atomic E-state index is 13.8. The van der Waals surface area contributed by atoms with Gasteiger partial charge in [-0.3, -0.25) is 14.6 Å². The zero-order chi connectivity index (χ0) is 29.6. The fourth-order valence-electron chi connectivity index (χ4n) is 5.17. The van der Waals surface area contributed by atoms with Gasteiger partial charge in [0.1, 0.15) is 6.04 Å². The van der Waals surface area contributed by atoms with Crippen molar-refractivity contribution in [3.05, 3.63) is 144 Å². The maximum atomic E-state index is 13.8. The van der Waals surface area contributed by atoms with E-state index in [-0.39, 0.29) is 23.7 Å². The topological polar surface area (TPSA) is 123 Å². The Morgan fingerprint density at radius 1 is 0.619 bits per heavy atom. The summed E-state index contributed by atoms with van der Waals surface area (Å²) in [5.41, 5.74) is 15.1. The lowest BCUT2D eigenvalue weighted by Gasteiger charge is -2.24. The molecule has 0 spiro atoms. The zero-order valence-electron chi connectivity index (χ0n) is 23.7. The molecule has 4 rings (SSSR count). The highest BCUT2D eigenvalue weighted by atomic mass is 16.2. The Morgan fingerprint density at radius 3 is 1.52 bits per heavy atom. The third-order valence-corrected chi connectivity index (χ3v) is 7.24. The molecule has 1 atom stereocenters. The van der Waals surface area contributed by atoms with Crippen LogP contribution in [0.15, 0.2) is 126 Å². The Labute approximate surface area is 248 Å². The molecule has 2 amide bonds. The van der Waals surface area contributed by atoms with Gasteiger partial charge in [-0.15, -0.1) is 0 Å². The van der Waals surface area contributed by atoms with E-state index in [4.69, 9.17) is 11.5 Å². The molecular weight excluding hydrogens is 522 g/mol. The smallest absolute Gasteiger partial charge is 0.242 e. The second-order valence-corrected chi connectivity index (χ2v) is 10.2. The third kappa shape index (κ3) is 8.80. The summed E-state index contributed by atoms with van der Waals surface area (Å²) in [7, 11) is 0. The van der Waals surface area contributed by atoms with Crippen molar-refractivity contribution in [1.82, 2.24) is 10.6 Å². The molecule has 216 valence electrons. The van der Waals surface area contributed by atoms with Gasteiger partial charge in [0.25, 0.3) is 0 Å². The number of aliphatic imine (C=N–C) groups is 1. The van der Waals surface area contributed by atoms with Crippen molar-refractivity contribution >= 4 is 17.8 Å². The quantitative estimate of drug-likeness (QED) is 0.101. The van der Waals surface area contributed by atoms with E-state index < -0.39 is 12.0 Å². The normalized spacial score (nSPS) is 11.6. The lowest BCUT2D eigenvalue weighted by molar-refractivity contribution is -0.129. The van der Waals surface area contributed by atoms with E-state index in [1.165, 1.54) is 11.1 Å². The van der Waals surface area contributed by atoms with Crippen LogP contribution in [0.3, 0.4) is 0 Å². The van der Waals surface area contributed by atoms with Crippen LogP contribution in [0.2, 0.25) is 0 Å². The number of hydrogen-bond acceptors (Lipinski definition) is 3. The summed E-state index contributed by atoms with van der Waals surface area (Å²) in [4.78, 5) is 31.4. The monoisotopic (exact) mass is 561 g/mol. The lowest BCUT2D eigenvalue weighted by atomic mass is 9.88. The number of nitrogens with two attached hydrogens (primary N) is 2. The number of carbonyl (C=O) groups excluding carboxylic acids is 2. The predicted molar refractivity (Wildman–Crippen MR) is 169 cm³/mol. The molecule has 0 aliphatic rings. The summed E-state index contributed by atoms with van der Waals surface area (Å²) in [6, 6.07) is 39.0. The Balaban J connectivity index is 1.48. The van der Waals surface area contributed by atoms with Crippen molar-refractivity contribution in [2.45, 2.75) is 37.1 Å². The Hall–Kier alpha value is -4.91. The average Bonchev–Trinajstić information content (AvgIpc) is 3.02. The zero-order valence-corrected chi connectivity index (χ0v) is 23.7. The van der Waals surface area contributed by atoms with Crippen molar-refractivity contribution in [3.63, 3.8) is 0 Å². The van der Waals surface area contributed by atoms with Gasteiger partial charge < -0.3 is 22.1 Å². The molecule has 0 aromatic heterocycles. The minimum absolute atomic E-state index is 0.00104. The third-order valence-electron chi connectivity index (χ3n) is 7.24. The summed E-state index contributed by atoms with van der Waals surface area (Å²) >= 11 is 0. The number of hydrogen-bond donors (Lipinski definition) is 4. The highest BCUT2D eigenvalue weighted by Gasteiger charge is 2.28. The van der Waals surface area contributed by atoms with Gasteiger partial charge in [0.15, 0.2) is 5.96 Å². The molecule has 0 saturated carbocycles. The van der Waals surface area contributed by atoms with Gasteiger partial charge in [-0.25, -0.2) is 0 Å². The molecule has 0 heterocycles. The van der Waals surface area contributed by atoms with Gasteiger partial charge in [-0.05, 0) is 41.5 Å². The van der Waals surface area contributed by atoms with Crippen molar-refractivity contribution in [2.75, 3.05) is 13.1 Å². The van der Waals surface area contributed by atoms with Crippen molar-refractivity contribution < 1.29 is 9.59 Å². The van der Waals surface area contributed by atoms with Crippen LogP contribution in [0.4, 0.5) is 0 Å². The van der Waals surface area contributed by atoms with Gasteiger partial charge >= 0.3 is 0 Å². The van der Waals surface area contributed by atoms with Gasteiger partial charge in [0.2, 0.25) is 11.8 Å². The summed E-state index contributed by atoms with van der Waals surface area (Å²) in [5, 5.41) is 6.13. The molecular formula is C35H39N5O2. The highest BCUT2D eigenvalue weighted by Crippen LogP contribution is 2.28. The van der Waals surface area contributed by atoms with Crippen LogP contribution < -0.4 is 22.1 Å². The average molecular weight is 562 g/mol. The van der Waals surface area contributed by atoms with Crippen LogP contribution in [0.5, 0.6) is 0 Å². The minimum Gasteiger partial charge on any atom is -0.370 e. The fraction of sp³-hybridized carbons (Fsp3) is 0.229. The summed E-state index contributed by atoms with van der Waals surface area (Å²) in [5.74, 6) is -0.890. The summed E-state index contributed by atoms with van der Waals surface area (Å²) in [6.45, 7) is 0.821. The first-order chi connectivity index (χ1) is 20.5.